The second kappa shape index (κ2) is 7.36. The first-order chi connectivity index (χ1) is 13.8. The molecule has 2 aromatic rings. The Morgan fingerprint density at radius 1 is 0.700 bits per heavy atom. The summed E-state index contributed by atoms with van der Waals surface area (Å²) >= 11 is 0. The number of benzene rings is 2. The van der Waals surface area contributed by atoms with Gasteiger partial charge >= 0.3 is 23.9 Å². The molecule has 1 heterocycles. The van der Waals surface area contributed by atoms with Gasteiger partial charge in [0.2, 0.25) is 0 Å². The van der Waals surface area contributed by atoms with Gasteiger partial charge in [-0.15, -0.1) is 0 Å². The van der Waals surface area contributed by atoms with Crippen molar-refractivity contribution in [3.8, 4) is 0 Å². The Balaban J connectivity index is 2.09. The lowest BCUT2D eigenvalue weighted by atomic mass is 9.84. The van der Waals surface area contributed by atoms with Crippen molar-refractivity contribution in [2.24, 2.45) is 5.92 Å². The molecule has 0 spiro atoms. The van der Waals surface area contributed by atoms with Crippen LogP contribution >= 0.6 is 0 Å². The molecule has 2 aromatic carbocycles. The second-order valence-corrected chi connectivity index (χ2v) is 6.69. The third-order valence-electron chi connectivity index (χ3n) is 4.81. The number of halogens is 9. The van der Waals surface area contributed by atoms with Crippen LogP contribution < -0.4 is 5.06 Å². The molecule has 1 saturated heterocycles. The van der Waals surface area contributed by atoms with Gasteiger partial charge in [0, 0.05) is 0 Å². The number of hydrogen-bond acceptors (Lipinski definition) is 2. The van der Waals surface area contributed by atoms with E-state index in [0.29, 0.717) is 0 Å². The van der Waals surface area contributed by atoms with Gasteiger partial charge in [0.15, 0.2) is 0 Å². The summed E-state index contributed by atoms with van der Waals surface area (Å²) in [5, 5.41) is 0.815. The molecule has 11 heteroatoms. The van der Waals surface area contributed by atoms with E-state index in [2.05, 4.69) is 0 Å². The summed E-state index contributed by atoms with van der Waals surface area (Å²) in [6, 6.07) is 12.3. The lowest BCUT2D eigenvalue weighted by Crippen LogP contribution is -2.63. The third kappa shape index (κ3) is 3.38. The maximum atomic E-state index is 14.7. The molecule has 0 amide bonds. The number of hydrogen-bond donors (Lipinski definition) is 0. The highest BCUT2D eigenvalue weighted by Crippen LogP contribution is 2.58. The Hall–Kier alpha value is -2.43. The molecule has 0 radical (unpaired) electrons. The van der Waals surface area contributed by atoms with Crippen LogP contribution in [0.5, 0.6) is 0 Å². The zero-order valence-electron chi connectivity index (χ0n) is 14.9. The van der Waals surface area contributed by atoms with Crippen molar-refractivity contribution in [3.63, 3.8) is 0 Å². The smallest absolute Gasteiger partial charge is 0.272 e. The third-order valence-corrected chi connectivity index (χ3v) is 4.81. The van der Waals surface area contributed by atoms with Crippen LogP contribution in [0.2, 0.25) is 0 Å². The van der Waals surface area contributed by atoms with Crippen molar-refractivity contribution >= 4 is 5.69 Å². The lowest BCUT2D eigenvalue weighted by Gasteiger charge is -2.38. The highest BCUT2D eigenvalue weighted by atomic mass is 19.4. The number of rotatable bonds is 5. The van der Waals surface area contributed by atoms with Crippen molar-refractivity contribution in [2.75, 3.05) is 11.7 Å². The first-order valence-corrected chi connectivity index (χ1v) is 8.54. The molecule has 164 valence electrons. The van der Waals surface area contributed by atoms with Crippen molar-refractivity contribution < 1.29 is 44.4 Å². The molecule has 3 rings (SSSR count). The summed E-state index contributed by atoms with van der Waals surface area (Å²) < 4.78 is 122. The maximum Gasteiger partial charge on any atom is 0.460 e. The van der Waals surface area contributed by atoms with E-state index >= 15 is 0 Å². The molecule has 0 N–H and O–H groups in total. The average Bonchev–Trinajstić information content (AvgIpc) is 3.14. The van der Waals surface area contributed by atoms with Gasteiger partial charge in [-0.1, -0.05) is 48.5 Å². The molecule has 1 fully saturated rings. The van der Waals surface area contributed by atoms with Gasteiger partial charge in [-0.2, -0.15) is 39.5 Å². The van der Waals surface area contributed by atoms with Crippen molar-refractivity contribution in [2.45, 2.75) is 30.0 Å². The molecule has 0 aliphatic carbocycles. The molecular formula is C19H14F9NO. The summed E-state index contributed by atoms with van der Waals surface area (Å²) in [6.07, 6.45) is -6.87. The van der Waals surface area contributed by atoms with E-state index in [9.17, 15) is 39.5 Å². The Morgan fingerprint density at radius 2 is 1.20 bits per heavy atom. The fraction of sp³-hybridized carbons (Fsp3) is 0.368. The molecule has 2 nitrogen and oxygen atoms in total. The first-order valence-electron chi connectivity index (χ1n) is 8.54. The zero-order chi connectivity index (χ0) is 22.4. The van der Waals surface area contributed by atoms with E-state index in [0.717, 1.165) is 5.06 Å². The minimum absolute atomic E-state index is 0.0188. The summed E-state index contributed by atoms with van der Waals surface area (Å²) in [5.74, 6) is -22.1. The number of alkyl halides is 9. The van der Waals surface area contributed by atoms with Gasteiger partial charge < -0.3 is 0 Å². The van der Waals surface area contributed by atoms with Gasteiger partial charge in [0.1, 0.15) is 0 Å². The van der Waals surface area contributed by atoms with Crippen LogP contribution in [0.4, 0.5) is 45.2 Å². The van der Waals surface area contributed by atoms with Gasteiger partial charge in [0.25, 0.3) is 0 Å². The number of anilines is 1. The molecule has 0 aromatic heterocycles. The Bertz CT molecular complexity index is 855. The minimum Gasteiger partial charge on any atom is -0.272 e. The van der Waals surface area contributed by atoms with Crippen LogP contribution in [-0.2, 0) is 4.84 Å². The van der Waals surface area contributed by atoms with Gasteiger partial charge in [-0.25, -0.2) is 5.06 Å². The van der Waals surface area contributed by atoms with Crippen LogP contribution in [0.15, 0.2) is 60.7 Å². The van der Waals surface area contributed by atoms with Crippen LogP contribution in [0.3, 0.4) is 0 Å². The van der Waals surface area contributed by atoms with E-state index in [1.165, 1.54) is 54.6 Å². The summed E-state index contributed by atoms with van der Waals surface area (Å²) in [5.41, 5.74) is 0.116. The molecule has 1 aliphatic rings. The monoisotopic (exact) mass is 443 g/mol. The molecule has 2 unspecified atom stereocenters. The van der Waals surface area contributed by atoms with Gasteiger partial charge in [-0.3, -0.25) is 4.84 Å². The van der Waals surface area contributed by atoms with Crippen LogP contribution in [0.25, 0.3) is 0 Å². The normalized spacial score (nSPS) is 21.2. The number of nitrogens with zero attached hydrogens (tertiary/aromatic N) is 1. The van der Waals surface area contributed by atoms with E-state index in [1.807, 2.05) is 0 Å². The Morgan fingerprint density at radius 3 is 1.70 bits per heavy atom. The topological polar surface area (TPSA) is 12.5 Å². The van der Waals surface area contributed by atoms with Crippen LogP contribution in [-0.4, -0.2) is 30.6 Å². The predicted octanol–water partition coefficient (Wildman–Crippen LogP) is 6.26. The Labute approximate surface area is 164 Å². The van der Waals surface area contributed by atoms with E-state index in [-0.39, 0.29) is 11.3 Å². The molecule has 0 saturated carbocycles. The minimum atomic E-state index is -6.95. The van der Waals surface area contributed by atoms with Crippen LogP contribution in [0.1, 0.15) is 11.6 Å². The van der Waals surface area contributed by atoms with Gasteiger partial charge in [-0.05, 0) is 17.7 Å². The van der Waals surface area contributed by atoms with Crippen LogP contribution in [0, 0.1) is 5.92 Å². The standard InChI is InChI=1S/C19H14F9NO/c20-16(21,17(22,23)18(24,25)19(26,27)28)14-11-30-29(13-9-5-2-6-10-13)15(14)12-7-3-1-4-8-12/h1-10,14-15H,11H2. The molecule has 30 heavy (non-hydrogen) atoms. The fourth-order valence-corrected chi connectivity index (χ4v) is 3.25. The molecule has 2 atom stereocenters. The fourth-order valence-electron chi connectivity index (χ4n) is 3.25. The summed E-state index contributed by atoms with van der Waals surface area (Å²) in [7, 11) is 0. The van der Waals surface area contributed by atoms with Crippen molar-refractivity contribution in [3.05, 3.63) is 66.2 Å². The van der Waals surface area contributed by atoms with Gasteiger partial charge in [0.05, 0.1) is 24.3 Å². The summed E-state index contributed by atoms with van der Waals surface area (Å²) in [4.78, 5) is 5.09. The largest absolute Gasteiger partial charge is 0.460 e. The predicted molar refractivity (Wildman–Crippen MR) is 88.4 cm³/mol. The summed E-state index contributed by atoms with van der Waals surface area (Å²) in [6.45, 7) is -1.20. The average molecular weight is 443 g/mol. The molecular weight excluding hydrogens is 429 g/mol. The highest BCUT2D eigenvalue weighted by molar-refractivity contribution is 5.47. The second-order valence-electron chi connectivity index (χ2n) is 6.69. The first kappa shape index (κ1) is 22.3. The quantitative estimate of drug-likeness (QED) is 0.506. The number of hydroxylamine groups is 1. The van der Waals surface area contributed by atoms with E-state index in [4.69, 9.17) is 4.84 Å². The Kier molecular flexibility index (Phi) is 5.46. The lowest BCUT2D eigenvalue weighted by molar-refractivity contribution is -0.403. The highest BCUT2D eigenvalue weighted by Gasteiger charge is 2.83. The molecule has 0 bridgehead atoms. The van der Waals surface area contributed by atoms with Crippen molar-refractivity contribution in [1.29, 1.82) is 0 Å². The maximum absolute atomic E-state index is 14.7. The zero-order valence-corrected chi connectivity index (χ0v) is 14.9. The molecule has 1 aliphatic heterocycles. The SMILES string of the molecule is FC(F)(F)C(F)(F)C(F)(F)C(F)(F)C1CON(c2ccccc2)C1c1ccccc1. The number of para-hydroxylation sites is 1. The van der Waals surface area contributed by atoms with E-state index < -0.39 is 42.5 Å². The van der Waals surface area contributed by atoms with E-state index in [1.54, 1.807) is 6.07 Å². The van der Waals surface area contributed by atoms with Crippen molar-refractivity contribution in [1.82, 2.24) is 0 Å².